The van der Waals surface area contributed by atoms with Crippen molar-refractivity contribution in [3.63, 3.8) is 0 Å². The summed E-state index contributed by atoms with van der Waals surface area (Å²) in [5.41, 5.74) is 0.823. The predicted molar refractivity (Wildman–Crippen MR) is 77.4 cm³/mol. The molecular weight excluding hydrogens is 224 g/mol. The zero-order chi connectivity index (χ0) is 14.2. The summed E-state index contributed by atoms with van der Waals surface area (Å²) in [6, 6.07) is 0. The van der Waals surface area contributed by atoms with Crippen molar-refractivity contribution >= 4 is 5.97 Å². The number of hydrogen-bond donors (Lipinski definition) is 0. The third-order valence-corrected chi connectivity index (χ3v) is 2.63. The molecule has 1 unspecified atom stereocenters. The van der Waals surface area contributed by atoms with Gasteiger partial charge >= 0.3 is 5.97 Å². The van der Waals surface area contributed by atoms with E-state index in [2.05, 4.69) is 46.4 Å². The lowest BCUT2D eigenvalue weighted by molar-refractivity contribution is -0.139. The molecule has 0 fully saturated rings. The van der Waals surface area contributed by atoms with Crippen LogP contribution in [0.5, 0.6) is 0 Å². The molecule has 1 atom stereocenters. The average Bonchev–Trinajstić information content (AvgIpc) is 2.22. The first-order valence-corrected chi connectivity index (χ1v) is 6.70. The molecule has 0 aromatic carbocycles. The molecule has 0 saturated heterocycles. The van der Waals surface area contributed by atoms with Crippen LogP contribution in [0.2, 0.25) is 0 Å². The standard InChI is InChI=1S/C16H28O2/c1-13(2)15(17)18-12-10-14(3)9-7-8-11-16(4,5)6/h7-8,14H,1,9-12H2,2-6H3/b8-7+. The second kappa shape index (κ2) is 8.12. The maximum Gasteiger partial charge on any atom is 0.333 e. The lowest BCUT2D eigenvalue weighted by atomic mass is 9.91. The van der Waals surface area contributed by atoms with Gasteiger partial charge in [0.05, 0.1) is 6.61 Å². The molecule has 0 heterocycles. The first kappa shape index (κ1) is 16.9. The zero-order valence-corrected chi connectivity index (χ0v) is 12.6. The van der Waals surface area contributed by atoms with E-state index >= 15 is 0 Å². The third kappa shape index (κ3) is 10.1. The van der Waals surface area contributed by atoms with Gasteiger partial charge in [-0.15, -0.1) is 0 Å². The highest BCUT2D eigenvalue weighted by Gasteiger charge is 2.07. The van der Waals surface area contributed by atoms with E-state index in [1.807, 2.05) is 0 Å². The van der Waals surface area contributed by atoms with Gasteiger partial charge in [-0.05, 0) is 37.5 Å². The molecule has 2 nitrogen and oxygen atoms in total. The fourth-order valence-corrected chi connectivity index (χ4v) is 1.36. The smallest absolute Gasteiger partial charge is 0.333 e. The lowest BCUT2D eigenvalue weighted by Gasteiger charge is -2.15. The molecule has 18 heavy (non-hydrogen) atoms. The van der Waals surface area contributed by atoms with Gasteiger partial charge in [0.15, 0.2) is 0 Å². The summed E-state index contributed by atoms with van der Waals surface area (Å²) in [5, 5.41) is 0. The molecular formula is C16H28O2. The van der Waals surface area contributed by atoms with Gasteiger partial charge in [-0.3, -0.25) is 0 Å². The minimum absolute atomic E-state index is 0.287. The topological polar surface area (TPSA) is 26.3 Å². The SMILES string of the molecule is C=C(C)C(=O)OCCC(C)C/C=C/CC(C)(C)C. The molecule has 0 spiro atoms. The molecule has 0 aromatic heterocycles. The summed E-state index contributed by atoms with van der Waals surface area (Å²) < 4.78 is 5.07. The number of allylic oxidation sites excluding steroid dienone is 2. The molecule has 0 aliphatic rings. The maximum atomic E-state index is 11.2. The number of carbonyl (C=O) groups is 1. The van der Waals surface area contributed by atoms with Crippen LogP contribution >= 0.6 is 0 Å². The van der Waals surface area contributed by atoms with E-state index in [0.717, 1.165) is 19.3 Å². The number of ether oxygens (including phenoxy) is 1. The van der Waals surface area contributed by atoms with Gasteiger partial charge in [-0.1, -0.05) is 46.4 Å². The average molecular weight is 252 g/mol. The highest BCUT2D eigenvalue weighted by atomic mass is 16.5. The van der Waals surface area contributed by atoms with E-state index in [-0.39, 0.29) is 5.97 Å². The van der Waals surface area contributed by atoms with Crippen molar-refractivity contribution in [1.29, 1.82) is 0 Å². The number of hydrogen-bond acceptors (Lipinski definition) is 2. The monoisotopic (exact) mass is 252 g/mol. The Morgan fingerprint density at radius 1 is 1.33 bits per heavy atom. The Balaban J connectivity index is 3.69. The van der Waals surface area contributed by atoms with Crippen LogP contribution < -0.4 is 0 Å². The fourth-order valence-electron chi connectivity index (χ4n) is 1.36. The van der Waals surface area contributed by atoms with Crippen molar-refractivity contribution in [2.24, 2.45) is 11.3 Å². The Morgan fingerprint density at radius 3 is 2.44 bits per heavy atom. The highest BCUT2D eigenvalue weighted by Crippen LogP contribution is 2.19. The van der Waals surface area contributed by atoms with Crippen LogP contribution in [0.3, 0.4) is 0 Å². The van der Waals surface area contributed by atoms with E-state index in [0.29, 0.717) is 23.5 Å². The second-order valence-corrected chi connectivity index (χ2v) is 6.28. The van der Waals surface area contributed by atoms with Gasteiger partial charge in [0.2, 0.25) is 0 Å². The second-order valence-electron chi connectivity index (χ2n) is 6.28. The summed E-state index contributed by atoms with van der Waals surface area (Å²) >= 11 is 0. The molecule has 104 valence electrons. The summed E-state index contributed by atoms with van der Waals surface area (Å²) in [7, 11) is 0. The van der Waals surface area contributed by atoms with Gasteiger partial charge in [0.25, 0.3) is 0 Å². The van der Waals surface area contributed by atoms with Crippen LogP contribution in [-0.2, 0) is 9.53 Å². The van der Waals surface area contributed by atoms with Crippen LogP contribution in [0.25, 0.3) is 0 Å². The van der Waals surface area contributed by atoms with E-state index in [1.165, 1.54) is 0 Å². The van der Waals surface area contributed by atoms with Crippen molar-refractivity contribution in [2.75, 3.05) is 6.61 Å². The van der Waals surface area contributed by atoms with Gasteiger partial charge in [-0.25, -0.2) is 4.79 Å². The fraction of sp³-hybridized carbons (Fsp3) is 0.688. The van der Waals surface area contributed by atoms with E-state index in [4.69, 9.17) is 4.74 Å². The van der Waals surface area contributed by atoms with Crippen LogP contribution in [0.4, 0.5) is 0 Å². The predicted octanol–water partition coefficient (Wildman–Crippen LogP) is 4.51. The molecule has 0 N–H and O–H groups in total. The molecule has 0 rings (SSSR count). The molecule has 0 aromatic rings. The van der Waals surface area contributed by atoms with Crippen LogP contribution in [0.1, 0.15) is 53.9 Å². The molecule has 2 heteroatoms. The van der Waals surface area contributed by atoms with Gasteiger partial charge in [-0.2, -0.15) is 0 Å². The van der Waals surface area contributed by atoms with Crippen molar-refractivity contribution in [3.8, 4) is 0 Å². The lowest BCUT2D eigenvalue weighted by Crippen LogP contribution is -2.08. The largest absolute Gasteiger partial charge is 0.462 e. The van der Waals surface area contributed by atoms with E-state index < -0.39 is 0 Å². The summed E-state index contributed by atoms with van der Waals surface area (Å²) in [4.78, 5) is 11.2. The zero-order valence-electron chi connectivity index (χ0n) is 12.6. The Labute approximate surface area is 112 Å². The number of carbonyl (C=O) groups excluding carboxylic acids is 1. The first-order valence-electron chi connectivity index (χ1n) is 6.70. The van der Waals surface area contributed by atoms with Gasteiger partial charge in [0.1, 0.15) is 0 Å². The molecule has 0 aliphatic heterocycles. The van der Waals surface area contributed by atoms with Gasteiger partial charge < -0.3 is 4.74 Å². The van der Waals surface area contributed by atoms with E-state index in [1.54, 1.807) is 6.92 Å². The molecule has 0 saturated carbocycles. The van der Waals surface area contributed by atoms with E-state index in [9.17, 15) is 4.79 Å². The first-order chi connectivity index (χ1) is 8.22. The Bertz CT molecular complexity index is 295. The Hall–Kier alpha value is -1.05. The summed E-state index contributed by atoms with van der Waals surface area (Å²) in [5.74, 6) is 0.254. The van der Waals surface area contributed by atoms with Crippen molar-refractivity contribution < 1.29 is 9.53 Å². The number of rotatable bonds is 7. The number of esters is 1. The highest BCUT2D eigenvalue weighted by molar-refractivity contribution is 5.86. The molecule has 0 radical (unpaired) electrons. The van der Waals surface area contributed by atoms with Gasteiger partial charge in [0, 0.05) is 5.57 Å². The normalized spacial score (nSPS) is 13.6. The minimum atomic E-state index is -0.287. The van der Waals surface area contributed by atoms with Crippen molar-refractivity contribution in [1.82, 2.24) is 0 Å². The quantitative estimate of drug-likeness (QED) is 0.378. The summed E-state index contributed by atoms with van der Waals surface area (Å²) in [6.07, 6.45) is 7.52. The minimum Gasteiger partial charge on any atom is -0.462 e. The molecule has 0 amide bonds. The Morgan fingerprint density at radius 2 is 1.94 bits per heavy atom. The van der Waals surface area contributed by atoms with Crippen LogP contribution in [0, 0.1) is 11.3 Å². The summed E-state index contributed by atoms with van der Waals surface area (Å²) in [6.45, 7) is 14.6. The van der Waals surface area contributed by atoms with Crippen LogP contribution in [-0.4, -0.2) is 12.6 Å². The van der Waals surface area contributed by atoms with Crippen molar-refractivity contribution in [2.45, 2.75) is 53.9 Å². The van der Waals surface area contributed by atoms with Crippen molar-refractivity contribution in [3.05, 3.63) is 24.3 Å². The van der Waals surface area contributed by atoms with Crippen LogP contribution in [0.15, 0.2) is 24.3 Å². The molecule has 0 aliphatic carbocycles. The third-order valence-electron chi connectivity index (χ3n) is 2.63. The maximum absolute atomic E-state index is 11.2. The molecule has 0 bridgehead atoms. The Kier molecular flexibility index (Phi) is 7.65.